The summed E-state index contributed by atoms with van der Waals surface area (Å²) in [5, 5.41) is 24.8. The zero-order chi connectivity index (χ0) is 31.0. The Balaban J connectivity index is 1.29. The number of aromatic nitrogens is 4. The predicted octanol–water partition coefficient (Wildman–Crippen LogP) is 4.08. The number of carbonyl (C=O) groups is 1. The summed E-state index contributed by atoms with van der Waals surface area (Å²) in [7, 11) is 0. The molecule has 2 aliphatic rings. The fourth-order valence-electron chi connectivity index (χ4n) is 5.84. The molecule has 1 atom stereocenters. The normalized spacial score (nSPS) is 18.2. The lowest BCUT2D eigenvalue weighted by molar-refractivity contribution is -0.128. The second kappa shape index (κ2) is 11.7. The van der Waals surface area contributed by atoms with Gasteiger partial charge < -0.3 is 20.5 Å². The van der Waals surface area contributed by atoms with E-state index < -0.39 is 17.5 Å². The molecule has 6 rings (SSSR count). The number of nitrogens with two attached hydrogens (primary N) is 1. The summed E-state index contributed by atoms with van der Waals surface area (Å²) in [5.74, 6) is 0.173. The molecule has 0 radical (unpaired) electrons. The van der Waals surface area contributed by atoms with Crippen molar-refractivity contribution in [1.29, 1.82) is 5.26 Å². The molecule has 0 bridgehead atoms. The molecule has 2 aromatic heterocycles. The van der Waals surface area contributed by atoms with Crippen molar-refractivity contribution >= 4 is 22.8 Å². The molecule has 2 aromatic carbocycles. The summed E-state index contributed by atoms with van der Waals surface area (Å²) in [6, 6.07) is 15.4. The quantitative estimate of drug-likeness (QED) is 0.238. The molecule has 2 fully saturated rings. The maximum absolute atomic E-state index is 15.6. The molecule has 2 saturated heterocycles. The van der Waals surface area contributed by atoms with Crippen molar-refractivity contribution in [2.45, 2.75) is 44.4 Å². The number of rotatable bonds is 7. The molecule has 1 unspecified atom stereocenters. The summed E-state index contributed by atoms with van der Waals surface area (Å²) in [6.45, 7) is 5.59. The number of likely N-dealkylation sites (tertiary alicyclic amines) is 2. The van der Waals surface area contributed by atoms with Gasteiger partial charge in [0, 0.05) is 43.3 Å². The number of hydrogen-bond donors (Lipinski definition) is 2. The van der Waals surface area contributed by atoms with Gasteiger partial charge in [-0.2, -0.15) is 10.4 Å². The van der Waals surface area contributed by atoms with Crippen LogP contribution in [0.5, 0.6) is 11.5 Å². The van der Waals surface area contributed by atoms with Crippen LogP contribution in [0.1, 0.15) is 32.7 Å². The van der Waals surface area contributed by atoms with Crippen LogP contribution in [-0.2, 0) is 4.79 Å². The molecule has 3 N–H and O–H groups in total. The number of β-amino-alcohol motifs (C(OH)–C–C–N with tert-alkyl or cyclic N) is 1. The van der Waals surface area contributed by atoms with Crippen molar-refractivity contribution in [2.75, 3.05) is 31.9 Å². The monoisotopic (exact) mass is 596 g/mol. The van der Waals surface area contributed by atoms with E-state index in [1.165, 1.54) is 12.4 Å². The standard InChI is InChI=1S/C32H33FN8O3/c1-32(2,40-17-22(42)18-40)14-20(15-34)31(43)39-12-6-7-21(16-39)41-30-27(29(35)36-19-37-30)28(38-41)25-11-10-24(13-26(25)33)44-23-8-4-3-5-9-23/h3-5,8-11,13-14,19,21-22,42H,6-7,12,16-18H2,1-2H3,(H2,35,36,37). The lowest BCUT2D eigenvalue weighted by Gasteiger charge is -2.46. The fraction of sp³-hybridized carbons (Fsp3) is 0.344. The van der Waals surface area contributed by atoms with Gasteiger partial charge in [-0.15, -0.1) is 0 Å². The molecular formula is C32H33FN8O3. The van der Waals surface area contributed by atoms with Gasteiger partial charge in [0.05, 0.1) is 17.5 Å². The summed E-state index contributed by atoms with van der Waals surface area (Å²) < 4.78 is 23.1. The first kappa shape index (κ1) is 29.2. The van der Waals surface area contributed by atoms with E-state index in [0.717, 1.165) is 0 Å². The second-order valence-corrected chi connectivity index (χ2v) is 11.7. The molecule has 44 heavy (non-hydrogen) atoms. The van der Waals surface area contributed by atoms with Crippen LogP contribution in [0.2, 0.25) is 0 Å². The van der Waals surface area contributed by atoms with E-state index in [4.69, 9.17) is 15.6 Å². The smallest absolute Gasteiger partial charge is 0.264 e. The van der Waals surface area contributed by atoms with Crippen molar-refractivity contribution in [3.63, 3.8) is 0 Å². The summed E-state index contributed by atoms with van der Waals surface area (Å²) in [4.78, 5) is 25.8. The number of carbonyl (C=O) groups excluding carboxylic acids is 1. The van der Waals surface area contributed by atoms with Crippen molar-refractivity contribution in [3.8, 4) is 28.8 Å². The third-order valence-corrected chi connectivity index (χ3v) is 8.25. The Kier molecular flexibility index (Phi) is 7.75. The van der Waals surface area contributed by atoms with Crippen molar-refractivity contribution in [2.24, 2.45) is 0 Å². The number of anilines is 1. The van der Waals surface area contributed by atoms with Gasteiger partial charge in [0.2, 0.25) is 0 Å². The maximum Gasteiger partial charge on any atom is 0.264 e. The van der Waals surface area contributed by atoms with Gasteiger partial charge >= 0.3 is 0 Å². The number of nitrogens with zero attached hydrogens (tertiary/aromatic N) is 7. The van der Waals surface area contributed by atoms with Gasteiger partial charge in [-0.3, -0.25) is 9.69 Å². The van der Waals surface area contributed by atoms with E-state index in [-0.39, 0.29) is 35.4 Å². The third-order valence-electron chi connectivity index (χ3n) is 8.25. The minimum Gasteiger partial charge on any atom is -0.457 e. The number of aliphatic hydroxyl groups is 1. The number of hydrogen-bond acceptors (Lipinski definition) is 9. The van der Waals surface area contributed by atoms with E-state index in [9.17, 15) is 15.2 Å². The molecule has 0 saturated carbocycles. The molecule has 0 spiro atoms. The summed E-state index contributed by atoms with van der Waals surface area (Å²) in [6.07, 6.45) is 3.98. The van der Waals surface area contributed by atoms with E-state index in [2.05, 4.69) is 16.0 Å². The highest BCUT2D eigenvalue weighted by Crippen LogP contribution is 2.36. The van der Waals surface area contributed by atoms with E-state index >= 15 is 4.39 Å². The minimum atomic E-state index is -0.567. The number of para-hydroxylation sites is 1. The number of aliphatic hydroxyl groups excluding tert-OH is 1. The van der Waals surface area contributed by atoms with Crippen LogP contribution in [0.15, 0.2) is 66.5 Å². The van der Waals surface area contributed by atoms with Crippen LogP contribution >= 0.6 is 0 Å². The van der Waals surface area contributed by atoms with E-state index in [1.54, 1.807) is 39.9 Å². The first-order chi connectivity index (χ1) is 21.1. The molecule has 12 heteroatoms. The first-order valence-corrected chi connectivity index (χ1v) is 14.5. The van der Waals surface area contributed by atoms with Crippen molar-refractivity contribution in [3.05, 3.63) is 72.3 Å². The van der Waals surface area contributed by atoms with Gasteiger partial charge in [0.1, 0.15) is 46.8 Å². The average Bonchev–Trinajstić information content (AvgIpc) is 3.39. The maximum atomic E-state index is 15.6. The van der Waals surface area contributed by atoms with Crippen LogP contribution < -0.4 is 10.5 Å². The van der Waals surface area contributed by atoms with Gasteiger partial charge in [-0.05, 0) is 57.0 Å². The van der Waals surface area contributed by atoms with Gasteiger partial charge in [0.15, 0.2) is 5.65 Å². The Morgan fingerprint density at radius 2 is 1.93 bits per heavy atom. The molecule has 226 valence electrons. The summed E-state index contributed by atoms with van der Waals surface area (Å²) >= 11 is 0. The third kappa shape index (κ3) is 5.59. The van der Waals surface area contributed by atoms with Crippen LogP contribution in [-0.4, -0.2) is 78.4 Å². The van der Waals surface area contributed by atoms with Crippen LogP contribution in [0.3, 0.4) is 0 Å². The number of piperidine rings is 1. The minimum absolute atomic E-state index is 0.0505. The number of nitrogen functional groups attached to an aromatic ring is 1. The first-order valence-electron chi connectivity index (χ1n) is 14.5. The molecule has 1 amide bonds. The molecule has 11 nitrogen and oxygen atoms in total. The van der Waals surface area contributed by atoms with E-state index in [1.807, 2.05) is 36.9 Å². The Bertz CT molecular complexity index is 1780. The Hall–Kier alpha value is -4.86. The zero-order valence-corrected chi connectivity index (χ0v) is 24.5. The molecule has 4 aromatic rings. The highest BCUT2D eigenvalue weighted by Gasteiger charge is 2.37. The topological polar surface area (TPSA) is 146 Å². The lowest BCUT2D eigenvalue weighted by atomic mass is 9.93. The fourth-order valence-corrected chi connectivity index (χ4v) is 5.84. The average molecular weight is 597 g/mol. The van der Waals surface area contributed by atoms with Gasteiger partial charge in [0.25, 0.3) is 5.91 Å². The Morgan fingerprint density at radius 3 is 2.64 bits per heavy atom. The van der Waals surface area contributed by atoms with Crippen LogP contribution in [0, 0.1) is 17.1 Å². The lowest BCUT2D eigenvalue weighted by Crippen LogP contribution is -2.59. The number of amides is 1. The summed E-state index contributed by atoms with van der Waals surface area (Å²) in [5.41, 5.74) is 6.71. The molecule has 4 heterocycles. The Labute approximate surface area is 254 Å². The molecular weight excluding hydrogens is 563 g/mol. The zero-order valence-electron chi connectivity index (χ0n) is 24.5. The molecule has 2 aliphatic heterocycles. The van der Waals surface area contributed by atoms with Crippen molar-refractivity contribution < 1.29 is 19.0 Å². The van der Waals surface area contributed by atoms with Gasteiger partial charge in [-0.25, -0.2) is 19.0 Å². The Morgan fingerprint density at radius 1 is 1.16 bits per heavy atom. The number of halogens is 1. The van der Waals surface area contributed by atoms with Crippen molar-refractivity contribution in [1.82, 2.24) is 29.5 Å². The predicted molar refractivity (Wildman–Crippen MR) is 162 cm³/mol. The molecule has 0 aliphatic carbocycles. The largest absolute Gasteiger partial charge is 0.457 e. The number of ether oxygens (including phenoxy) is 1. The number of fused-ring (bicyclic) bond motifs is 1. The SMILES string of the molecule is CC(C)(C=C(C#N)C(=O)N1CCCC(n2nc(-c3ccc(Oc4ccccc4)cc3F)c3c(N)ncnc32)C1)N1CC(O)C1. The highest BCUT2D eigenvalue weighted by molar-refractivity contribution is 5.99. The van der Waals surface area contributed by atoms with Gasteiger partial charge in [-0.1, -0.05) is 18.2 Å². The highest BCUT2D eigenvalue weighted by atomic mass is 19.1. The van der Waals surface area contributed by atoms with Crippen LogP contribution in [0.4, 0.5) is 10.2 Å². The number of benzene rings is 2. The second-order valence-electron chi connectivity index (χ2n) is 11.7. The van der Waals surface area contributed by atoms with E-state index in [0.29, 0.717) is 60.7 Å². The van der Waals surface area contributed by atoms with Crippen LogP contribution in [0.25, 0.3) is 22.3 Å². The number of nitriles is 1.